The van der Waals surface area contributed by atoms with Gasteiger partial charge in [-0.2, -0.15) is 15.3 Å². The first kappa shape index (κ1) is 23.0. The van der Waals surface area contributed by atoms with Gasteiger partial charge in [-0.25, -0.2) is 13.9 Å². The maximum atomic E-state index is 14.1. The van der Waals surface area contributed by atoms with E-state index in [1.54, 1.807) is 29.0 Å². The lowest BCUT2D eigenvalue weighted by atomic mass is 10.2. The molecular weight excluding hydrogens is 494 g/mol. The third-order valence-corrected chi connectivity index (χ3v) is 6.23. The van der Waals surface area contributed by atoms with Crippen LogP contribution in [0.1, 0.15) is 28.7 Å². The number of hydrogen-bond donors (Lipinski definition) is 1. The molecule has 1 N–H and O–H groups in total. The van der Waals surface area contributed by atoms with Crippen molar-refractivity contribution in [1.82, 2.24) is 34.2 Å². The third kappa shape index (κ3) is 4.26. The van der Waals surface area contributed by atoms with E-state index >= 15 is 0 Å². The SMILES string of the molecule is CCn1ncc(-c2ccnc3cc(C(=O)Nc4nn(Cc5c(F)cccc5Cl)cc4Cl)nn23)c1C. The predicted molar refractivity (Wildman–Crippen MR) is 130 cm³/mol. The smallest absolute Gasteiger partial charge is 0.277 e. The van der Waals surface area contributed by atoms with Crippen molar-refractivity contribution in [3.05, 3.63) is 81.7 Å². The number of nitrogens with one attached hydrogen (secondary N) is 1. The number of aromatic nitrogens is 7. The molecule has 0 saturated heterocycles. The molecule has 0 bridgehead atoms. The Labute approximate surface area is 209 Å². The average molecular weight is 513 g/mol. The second-order valence-corrected chi connectivity index (χ2v) is 8.58. The van der Waals surface area contributed by atoms with Crippen LogP contribution in [0.3, 0.4) is 0 Å². The zero-order valence-electron chi connectivity index (χ0n) is 18.7. The lowest BCUT2D eigenvalue weighted by Gasteiger charge is -2.06. The molecule has 0 unspecified atom stereocenters. The van der Waals surface area contributed by atoms with Gasteiger partial charge in [0.05, 0.1) is 18.4 Å². The topological polar surface area (TPSA) is 94.9 Å². The van der Waals surface area contributed by atoms with Crippen molar-refractivity contribution in [1.29, 1.82) is 0 Å². The highest BCUT2D eigenvalue weighted by Crippen LogP contribution is 2.26. The second-order valence-electron chi connectivity index (χ2n) is 7.77. The first-order valence-corrected chi connectivity index (χ1v) is 11.5. The first-order valence-electron chi connectivity index (χ1n) is 10.7. The molecule has 5 rings (SSSR count). The molecule has 9 nitrogen and oxygen atoms in total. The van der Waals surface area contributed by atoms with Gasteiger partial charge in [0.2, 0.25) is 0 Å². The number of aryl methyl sites for hydroxylation is 1. The second kappa shape index (κ2) is 9.12. The number of anilines is 1. The maximum absolute atomic E-state index is 14.1. The Kier molecular flexibility index (Phi) is 6.00. The van der Waals surface area contributed by atoms with Crippen LogP contribution in [-0.2, 0) is 13.1 Å². The first-order chi connectivity index (χ1) is 16.9. The van der Waals surface area contributed by atoms with Gasteiger partial charge in [0.25, 0.3) is 5.91 Å². The fourth-order valence-electron chi connectivity index (χ4n) is 3.81. The van der Waals surface area contributed by atoms with Crippen LogP contribution in [0, 0.1) is 12.7 Å². The minimum Gasteiger partial charge on any atom is -0.302 e. The molecule has 0 aliphatic rings. The van der Waals surface area contributed by atoms with Crippen LogP contribution < -0.4 is 5.32 Å². The van der Waals surface area contributed by atoms with Gasteiger partial charge in [0, 0.05) is 46.8 Å². The van der Waals surface area contributed by atoms with Crippen LogP contribution in [0.4, 0.5) is 10.2 Å². The Morgan fingerprint density at radius 2 is 2.00 bits per heavy atom. The summed E-state index contributed by atoms with van der Waals surface area (Å²) < 4.78 is 19.0. The number of halogens is 3. The van der Waals surface area contributed by atoms with Crippen LogP contribution in [0.25, 0.3) is 16.9 Å². The molecule has 0 radical (unpaired) electrons. The Morgan fingerprint density at radius 3 is 2.74 bits per heavy atom. The summed E-state index contributed by atoms with van der Waals surface area (Å²) >= 11 is 12.4. The molecule has 35 heavy (non-hydrogen) atoms. The number of fused-ring (bicyclic) bond motifs is 1. The van der Waals surface area contributed by atoms with E-state index in [-0.39, 0.29) is 33.7 Å². The van der Waals surface area contributed by atoms with E-state index in [9.17, 15) is 9.18 Å². The van der Waals surface area contributed by atoms with E-state index in [1.807, 2.05) is 24.6 Å². The molecule has 4 heterocycles. The van der Waals surface area contributed by atoms with Crippen molar-refractivity contribution in [3.8, 4) is 11.3 Å². The zero-order valence-corrected chi connectivity index (χ0v) is 20.2. The summed E-state index contributed by atoms with van der Waals surface area (Å²) in [5.41, 5.74) is 3.54. The Bertz CT molecular complexity index is 1550. The number of nitrogens with zero attached hydrogens (tertiary/aromatic N) is 7. The fraction of sp³-hybridized carbons (Fsp3) is 0.174. The van der Waals surface area contributed by atoms with Crippen LogP contribution in [0.5, 0.6) is 0 Å². The molecule has 0 spiro atoms. The summed E-state index contributed by atoms with van der Waals surface area (Å²) in [6, 6.07) is 7.82. The van der Waals surface area contributed by atoms with Gasteiger partial charge < -0.3 is 5.32 Å². The van der Waals surface area contributed by atoms with E-state index < -0.39 is 11.7 Å². The van der Waals surface area contributed by atoms with E-state index in [1.165, 1.54) is 23.0 Å². The lowest BCUT2D eigenvalue weighted by Crippen LogP contribution is -2.14. The summed E-state index contributed by atoms with van der Waals surface area (Å²) in [4.78, 5) is 17.3. The fourth-order valence-corrected chi connectivity index (χ4v) is 4.23. The van der Waals surface area contributed by atoms with Gasteiger partial charge in [-0.05, 0) is 32.0 Å². The monoisotopic (exact) mass is 512 g/mol. The Morgan fingerprint density at radius 1 is 1.17 bits per heavy atom. The molecule has 178 valence electrons. The highest BCUT2D eigenvalue weighted by molar-refractivity contribution is 6.33. The van der Waals surface area contributed by atoms with Gasteiger partial charge in [-0.3, -0.25) is 14.2 Å². The molecule has 1 aromatic carbocycles. The highest BCUT2D eigenvalue weighted by Gasteiger charge is 2.19. The standard InChI is InChI=1S/C23H19Cl2FN8O/c1-3-33-13(2)14(10-28-33)20-7-8-27-21-9-19(30-34(20)21)23(35)29-22-17(25)12-32(31-22)11-15-16(24)5-4-6-18(15)26/h4-10,12H,3,11H2,1-2H3,(H,29,31,35). The van der Waals surface area contributed by atoms with Crippen molar-refractivity contribution in [2.45, 2.75) is 26.9 Å². The molecule has 0 fully saturated rings. The summed E-state index contributed by atoms with van der Waals surface area (Å²) in [6.45, 7) is 4.78. The quantitative estimate of drug-likeness (QED) is 0.350. The molecule has 12 heteroatoms. The number of rotatable bonds is 6. The normalized spacial score (nSPS) is 11.3. The highest BCUT2D eigenvalue weighted by atomic mass is 35.5. The third-order valence-electron chi connectivity index (χ3n) is 5.60. The lowest BCUT2D eigenvalue weighted by molar-refractivity contribution is 0.102. The van der Waals surface area contributed by atoms with Gasteiger partial charge in [0.15, 0.2) is 17.2 Å². The minimum atomic E-state index is -0.515. The van der Waals surface area contributed by atoms with E-state index in [2.05, 4.69) is 25.6 Å². The molecule has 0 aliphatic carbocycles. The maximum Gasteiger partial charge on any atom is 0.277 e. The van der Waals surface area contributed by atoms with Crippen molar-refractivity contribution in [2.24, 2.45) is 0 Å². The van der Waals surface area contributed by atoms with E-state index in [0.29, 0.717) is 5.65 Å². The molecule has 4 aromatic heterocycles. The largest absolute Gasteiger partial charge is 0.302 e. The summed E-state index contributed by atoms with van der Waals surface area (Å²) in [6.07, 6.45) is 4.91. The summed E-state index contributed by atoms with van der Waals surface area (Å²) in [5.74, 6) is -0.852. The van der Waals surface area contributed by atoms with Crippen LogP contribution in [0.15, 0.2) is 48.9 Å². The number of amides is 1. The summed E-state index contributed by atoms with van der Waals surface area (Å²) in [7, 11) is 0. The van der Waals surface area contributed by atoms with Crippen LogP contribution in [-0.4, -0.2) is 40.1 Å². The van der Waals surface area contributed by atoms with Gasteiger partial charge >= 0.3 is 0 Å². The average Bonchev–Trinajstić information content (AvgIpc) is 3.53. The number of benzene rings is 1. The Balaban J connectivity index is 1.41. The summed E-state index contributed by atoms with van der Waals surface area (Å²) in [5, 5.41) is 16.2. The van der Waals surface area contributed by atoms with Gasteiger partial charge in [0.1, 0.15) is 10.8 Å². The van der Waals surface area contributed by atoms with Gasteiger partial charge in [-0.15, -0.1) is 0 Å². The minimum absolute atomic E-state index is 0.0491. The van der Waals surface area contributed by atoms with Crippen molar-refractivity contribution in [2.75, 3.05) is 5.32 Å². The van der Waals surface area contributed by atoms with Crippen LogP contribution in [0.2, 0.25) is 10.0 Å². The Hall–Kier alpha value is -3.76. The molecule has 0 atom stereocenters. The molecule has 1 amide bonds. The van der Waals surface area contributed by atoms with Crippen molar-refractivity contribution in [3.63, 3.8) is 0 Å². The molecular formula is C23H19Cl2FN8O. The van der Waals surface area contributed by atoms with E-state index in [0.717, 1.165) is 23.5 Å². The van der Waals surface area contributed by atoms with E-state index in [4.69, 9.17) is 23.2 Å². The van der Waals surface area contributed by atoms with Crippen LogP contribution >= 0.6 is 23.2 Å². The number of carbonyl (C=O) groups is 1. The number of carbonyl (C=O) groups excluding carboxylic acids is 1. The van der Waals surface area contributed by atoms with Crippen molar-refractivity contribution >= 4 is 40.6 Å². The van der Waals surface area contributed by atoms with Gasteiger partial charge in [-0.1, -0.05) is 29.3 Å². The van der Waals surface area contributed by atoms with Crippen molar-refractivity contribution < 1.29 is 9.18 Å². The molecule has 5 aromatic rings. The predicted octanol–water partition coefficient (Wildman–Crippen LogP) is 4.86. The number of hydrogen-bond acceptors (Lipinski definition) is 5. The zero-order chi connectivity index (χ0) is 24.7. The molecule has 0 aliphatic heterocycles. The molecule has 0 saturated carbocycles.